The number of likely N-dealkylation sites (tertiary alicyclic amines) is 1. The minimum absolute atomic E-state index is 0.0114. The van der Waals surface area contributed by atoms with Gasteiger partial charge in [0.15, 0.2) is 0 Å². The van der Waals surface area contributed by atoms with Crippen molar-refractivity contribution in [1.29, 1.82) is 0 Å². The van der Waals surface area contributed by atoms with Crippen LogP contribution < -0.4 is 0 Å². The van der Waals surface area contributed by atoms with E-state index in [9.17, 15) is 4.79 Å². The summed E-state index contributed by atoms with van der Waals surface area (Å²) in [5.41, 5.74) is 6.80. The highest BCUT2D eigenvalue weighted by molar-refractivity contribution is 5.87. The molecule has 4 aromatic rings. The molecule has 194 valence electrons. The van der Waals surface area contributed by atoms with Crippen LogP contribution in [0.2, 0.25) is 0 Å². The lowest BCUT2D eigenvalue weighted by atomic mass is 9.74. The van der Waals surface area contributed by atoms with Crippen molar-refractivity contribution in [2.45, 2.75) is 38.7 Å². The fourth-order valence-electron chi connectivity index (χ4n) is 5.49. The van der Waals surface area contributed by atoms with Crippen molar-refractivity contribution in [3.63, 3.8) is 0 Å². The Labute approximate surface area is 223 Å². The lowest BCUT2D eigenvalue weighted by Gasteiger charge is -2.32. The van der Waals surface area contributed by atoms with Gasteiger partial charge in [0.1, 0.15) is 6.10 Å². The van der Waals surface area contributed by atoms with Crippen molar-refractivity contribution in [3.05, 3.63) is 78.4 Å². The first-order valence-electron chi connectivity index (χ1n) is 13.4. The van der Waals surface area contributed by atoms with Gasteiger partial charge in [-0.15, -0.1) is 0 Å². The number of aryl methyl sites for hydroxylation is 1. The van der Waals surface area contributed by atoms with Crippen LogP contribution in [-0.2, 0) is 16.0 Å². The smallest absolute Gasteiger partial charge is 0.309 e. The van der Waals surface area contributed by atoms with E-state index in [0.29, 0.717) is 5.92 Å². The molecule has 1 saturated carbocycles. The molecule has 38 heavy (non-hydrogen) atoms. The molecule has 0 unspecified atom stereocenters. The molecule has 1 aliphatic heterocycles. The van der Waals surface area contributed by atoms with Crippen molar-refractivity contribution in [3.8, 4) is 22.6 Å². The molecule has 7 nitrogen and oxygen atoms in total. The molecule has 6 rings (SSSR count). The van der Waals surface area contributed by atoms with Gasteiger partial charge < -0.3 is 14.6 Å². The zero-order valence-electron chi connectivity index (χ0n) is 21.9. The van der Waals surface area contributed by atoms with Gasteiger partial charge in [0.2, 0.25) is 0 Å². The Balaban J connectivity index is 1.09. The van der Waals surface area contributed by atoms with E-state index in [1.165, 1.54) is 0 Å². The number of imidazole rings is 1. The van der Waals surface area contributed by atoms with Gasteiger partial charge in [0, 0.05) is 35.9 Å². The topological polar surface area (TPSA) is 84.0 Å². The van der Waals surface area contributed by atoms with Crippen LogP contribution in [-0.4, -0.2) is 57.0 Å². The van der Waals surface area contributed by atoms with Crippen LogP contribution >= 0.6 is 0 Å². The van der Waals surface area contributed by atoms with Gasteiger partial charge in [-0.1, -0.05) is 24.3 Å². The first kappa shape index (κ1) is 24.5. The number of esters is 1. The van der Waals surface area contributed by atoms with E-state index in [0.717, 1.165) is 83.6 Å². The molecule has 7 heteroatoms. The predicted octanol–water partition coefficient (Wildman–Crippen LogP) is 5.37. The number of H-pyrrole nitrogens is 1. The Morgan fingerprint density at radius 2 is 2.08 bits per heavy atom. The molecule has 0 bridgehead atoms. The van der Waals surface area contributed by atoms with E-state index >= 15 is 0 Å². The average molecular weight is 508 g/mol. The maximum absolute atomic E-state index is 12.4. The Morgan fingerprint density at radius 1 is 1.18 bits per heavy atom. The highest BCUT2D eigenvalue weighted by Crippen LogP contribution is 2.36. The number of likely N-dealkylation sites (N-methyl/N-ethyl adjacent to an activating group) is 1. The number of ether oxygens (including phenoxy) is 1. The van der Waals surface area contributed by atoms with Crippen LogP contribution in [0.25, 0.3) is 33.5 Å². The molecule has 1 atom stereocenters. The molecule has 4 heterocycles. The fourth-order valence-corrected chi connectivity index (χ4v) is 5.49. The number of benzene rings is 1. The first-order valence-corrected chi connectivity index (χ1v) is 13.4. The van der Waals surface area contributed by atoms with Crippen LogP contribution in [0, 0.1) is 18.8 Å². The number of nitrogens with one attached hydrogen (secondary N) is 1. The summed E-state index contributed by atoms with van der Waals surface area (Å²) in [5, 5.41) is 1.09. The average Bonchev–Trinajstić information content (AvgIpc) is 3.54. The summed E-state index contributed by atoms with van der Waals surface area (Å²) in [6, 6.07) is 14.5. The Hall–Kier alpha value is -3.84. The van der Waals surface area contributed by atoms with Gasteiger partial charge in [-0.05, 0) is 81.5 Å². The number of nitrogens with zero attached hydrogens (tertiary/aromatic N) is 4. The zero-order chi connectivity index (χ0) is 26.1. The van der Waals surface area contributed by atoms with Gasteiger partial charge in [-0.25, -0.2) is 4.98 Å². The summed E-state index contributed by atoms with van der Waals surface area (Å²) < 4.78 is 5.70. The Kier molecular flexibility index (Phi) is 6.77. The highest BCUT2D eigenvalue weighted by atomic mass is 16.5. The molecular weight excluding hydrogens is 474 g/mol. The molecular formula is C31H33N5O2. The van der Waals surface area contributed by atoms with Gasteiger partial charge in [0.25, 0.3) is 0 Å². The number of carbonyl (C=O) groups excluding carboxylic acids is 1. The monoisotopic (exact) mass is 507 g/mol. The van der Waals surface area contributed by atoms with Crippen LogP contribution in [0.5, 0.6) is 0 Å². The summed E-state index contributed by atoms with van der Waals surface area (Å²) >= 11 is 0. The Morgan fingerprint density at radius 3 is 2.89 bits per heavy atom. The highest BCUT2D eigenvalue weighted by Gasteiger charge is 2.36. The van der Waals surface area contributed by atoms with E-state index < -0.39 is 0 Å². The number of carbonyl (C=O) groups is 1. The summed E-state index contributed by atoms with van der Waals surface area (Å²) in [4.78, 5) is 31.8. The largest absolute Gasteiger partial charge is 0.461 e. The SMILES string of the molecule is Cc1cccc(-c2[nH]cnc2-c2ccc3ncc(C/C=C/C4CC(C(=O)O[C@H]5CCN(C)C5)C4)cc3c2)n1. The molecule has 2 aliphatic rings. The van der Waals surface area contributed by atoms with Crippen molar-refractivity contribution < 1.29 is 9.53 Å². The minimum Gasteiger partial charge on any atom is -0.461 e. The summed E-state index contributed by atoms with van der Waals surface area (Å²) in [6.07, 6.45) is 11.7. The molecule has 0 radical (unpaired) electrons. The first-order chi connectivity index (χ1) is 18.5. The molecule has 0 spiro atoms. The molecule has 0 amide bonds. The second kappa shape index (κ2) is 10.5. The van der Waals surface area contributed by atoms with E-state index in [4.69, 9.17) is 4.74 Å². The lowest BCUT2D eigenvalue weighted by Crippen LogP contribution is -2.34. The zero-order valence-corrected chi connectivity index (χ0v) is 21.9. The van der Waals surface area contributed by atoms with Crippen molar-refractivity contribution in [2.75, 3.05) is 20.1 Å². The lowest BCUT2D eigenvalue weighted by molar-refractivity contribution is -0.157. The molecule has 2 fully saturated rings. The number of aromatic amines is 1. The minimum atomic E-state index is -0.0114. The second-order valence-electron chi connectivity index (χ2n) is 10.7. The third-order valence-corrected chi connectivity index (χ3v) is 7.70. The fraction of sp³-hybridized carbons (Fsp3) is 0.355. The van der Waals surface area contributed by atoms with Gasteiger partial charge in [-0.2, -0.15) is 0 Å². The predicted molar refractivity (Wildman–Crippen MR) is 148 cm³/mol. The van der Waals surface area contributed by atoms with E-state index in [1.807, 2.05) is 37.4 Å². The van der Waals surface area contributed by atoms with Gasteiger partial charge in [0.05, 0.1) is 34.8 Å². The summed E-state index contributed by atoms with van der Waals surface area (Å²) in [7, 11) is 2.07. The second-order valence-corrected chi connectivity index (χ2v) is 10.7. The maximum atomic E-state index is 12.4. The quantitative estimate of drug-likeness (QED) is 0.268. The van der Waals surface area contributed by atoms with Crippen LogP contribution in [0.4, 0.5) is 0 Å². The third-order valence-electron chi connectivity index (χ3n) is 7.70. The van der Waals surface area contributed by atoms with E-state index in [2.05, 4.69) is 62.2 Å². The number of rotatable bonds is 7. The van der Waals surface area contributed by atoms with Gasteiger partial charge in [-0.3, -0.25) is 14.8 Å². The number of pyridine rings is 2. The van der Waals surface area contributed by atoms with Crippen molar-refractivity contribution in [1.82, 2.24) is 24.8 Å². The number of aromatic nitrogens is 4. The molecule has 1 saturated heterocycles. The van der Waals surface area contributed by atoms with E-state index in [1.54, 1.807) is 6.33 Å². The molecule has 1 N–H and O–H groups in total. The summed E-state index contributed by atoms with van der Waals surface area (Å²) in [5.74, 6) is 0.494. The molecule has 1 aliphatic carbocycles. The molecule has 1 aromatic carbocycles. The summed E-state index contributed by atoms with van der Waals surface area (Å²) in [6.45, 7) is 3.86. The molecule has 3 aromatic heterocycles. The van der Waals surface area contributed by atoms with Crippen molar-refractivity contribution >= 4 is 16.9 Å². The van der Waals surface area contributed by atoms with E-state index in [-0.39, 0.29) is 18.0 Å². The third kappa shape index (κ3) is 5.24. The maximum Gasteiger partial charge on any atom is 0.309 e. The van der Waals surface area contributed by atoms with Crippen LogP contribution in [0.15, 0.2) is 67.1 Å². The van der Waals surface area contributed by atoms with Crippen LogP contribution in [0.1, 0.15) is 30.5 Å². The number of hydrogen-bond donors (Lipinski definition) is 1. The number of fused-ring (bicyclic) bond motifs is 1. The van der Waals surface area contributed by atoms with Gasteiger partial charge >= 0.3 is 5.97 Å². The van der Waals surface area contributed by atoms with Crippen molar-refractivity contribution in [2.24, 2.45) is 11.8 Å². The Bertz CT molecular complexity index is 1490. The number of hydrogen-bond acceptors (Lipinski definition) is 6. The number of allylic oxidation sites excluding steroid dienone is 2. The van der Waals surface area contributed by atoms with Crippen LogP contribution in [0.3, 0.4) is 0 Å². The normalized spacial score (nSPS) is 21.7. The standard InChI is InChI=1S/C31H33N5O2/c1-20-5-3-8-28(35-20)30-29(33-19-34-30)23-9-10-27-24(16-23)15-22(17-32-27)7-4-6-21-13-25(14-21)31(37)38-26-11-12-36(2)18-26/h3-6,8-10,15-17,19,21,25-26H,7,11-14,18H2,1-2H3,(H,33,34)/b6-4+/t21?,25?,26-/m0/s1.